The van der Waals surface area contributed by atoms with E-state index in [0.29, 0.717) is 31.2 Å². The van der Waals surface area contributed by atoms with Crippen LogP contribution in [0.3, 0.4) is 0 Å². The fraction of sp³-hybridized carbons (Fsp3) is 0.348. The van der Waals surface area contributed by atoms with E-state index in [9.17, 15) is 8.42 Å². The number of sulfonamides is 1. The number of nitrogens with zero attached hydrogens (tertiary/aromatic N) is 3. The Hall–Kier alpha value is -1.93. The van der Waals surface area contributed by atoms with Gasteiger partial charge in [-0.05, 0) is 41.8 Å². The molecule has 0 saturated carbocycles. The first kappa shape index (κ1) is 22.3. The molecule has 8 heteroatoms. The van der Waals surface area contributed by atoms with Crippen molar-refractivity contribution < 1.29 is 8.42 Å². The lowest BCUT2D eigenvalue weighted by Crippen LogP contribution is -2.48. The van der Waals surface area contributed by atoms with Crippen molar-refractivity contribution in [3.05, 3.63) is 75.8 Å². The number of thiazole rings is 1. The maximum absolute atomic E-state index is 12.9. The second kappa shape index (κ2) is 9.69. The van der Waals surface area contributed by atoms with Crippen LogP contribution in [0.5, 0.6) is 0 Å². The van der Waals surface area contributed by atoms with Gasteiger partial charge in [0.25, 0.3) is 0 Å². The molecule has 1 aliphatic rings. The zero-order chi connectivity index (χ0) is 21.8. The molecule has 5 nitrogen and oxygen atoms in total. The van der Waals surface area contributed by atoms with Crippen LogP contribution in [-0.2, 0) is 22.9 Å². The third kappa shape index (κ3) is 5.29. The molecule has 1 saturated heterocycles. The Bertz CT molecular complexity index is 1100. The largest absolute Gasteiger partial charge is 0.345 e. The average Bonchev–Trinajstić information content (AvgIpc) is 3.24. The normalized spacial score (nSPS) is 15.4. The zero-order valence-corrected chi connectivity index (χ0v) is 19.9. The highest BCUT2D eigenvalue weighted by Gasteiger charge is 2.29. The van der Waals surface area contributed by atoms with E-state index in [-0.39, 0.29) is 4.90 Å². The summed E-state index contributed by atoms with van der Waals surface area (Å²) in [6.07, 6.45) is 3.08. The molecular formula is C23H26ClN3O2S2. The van der Waals surface area contributed by atoms with Gasteiger partial charge in [-0.3, -0.25) is 0 Å². The van der Waals surface area contributed by atoms with Gasteiger partial charge >= 0.3 is 0 Å². The molecule has 1 aliphatic heterocycles. The molecule has 0 N–H and O–H groups in total. The second-order valence-electron chi connectivity index (χ2n) is 7.71. The van der Waals surface area contributed by atoms with E-state index < -0.39 is 10.0 Å². The number of hydrogen-bond donors (Lipinski definition) is 0. The van der Waals surface area contributed by atoms with Gasteiger partial charge < -0.3 is 4.90 Å². The lowest BCUT2D eigenvalue weighted by atomic mass is 10.1. The van der Waals surface area contributed by atoms with Crippen LogP contribution in [0, 0.1) is 0 Å². The molecule has 2 heterocycles. The van der Waals surface area contributed by atoms with E-state index in [0.717, 1.165) is 30.1 Å². The van der Waals surface area contributed by atoms with Crippen LogP contribution in [0.15, 0.2) is 58.8 Å². The van der Waals surface area contributed by atoms with Crippen molar-refractivity contribution in [1.82, 2.24) is 9.29 Å². The SMILES string of the molecule is CCCc1ccc(Cc2csc(N3CCN(S(=O)(=O)c4ccc(Cl)cc4)CC3)n2)cc1. The number of hydrogen-bond acceptors (Lipinski definition) is 5. The first-order chi connectivity index (χ1) is 15.0. The molecule has 3 aromatic rings. The lowest BCUT2D eigenvalue weighted by molar-refractivity contribution is 0.384. The van der Waals surface area contributed by atoms with Crippen LogP contribution >= 0.6 is 22.9 Å². The number of aromatic nitrogens is 1. The van der Waals surface area contributed by atoms with Gasteiger partial charge in [-0.25, -0.2) is 13.4 Å². The Balaban J connectivity index is 1.36. The van der Waals surface area contributed by atoms with Crippen LogP contribution in [0.2, 0.25) is 5.02 Å². The van der Waals surface area contributed by atoms with Gasteiger partial charge in [0.1, 0.15) is 0 Å². The van der Waals surface area contributed by atoms with Crippen molar-refractivity contribution in [2.24, 2.45) is 0 Å². The van der Waals surface area contributed by atoms with Crippen molar-refractivity contribution in [2.45, 2.75) is 31.1 Å². The first-order valence-corrected chi connectivity index (χ1v) is 13.2. The molecule has 0 radical (unpaired) electrons. The van der Waals surface area contributed by atoms with Crippen molar-refractivity contribution in [3.63, 3.8) is 0 Å². The number of benzene rings is 2. The highest BCUT2D eigenvalue weighted by molar-refractivity contribution is 7.89. The second-order valence-corrected chi connectivity index (χ2v) is 10.9. The molecule has 1 fully saturated rings. The zero-order valence-electron chi connectivity index (χ0n) is 17.5. The van der Waals surface area contributed by atoms with Gasteiger partial charge in [0.15, 0.2) is 5.13 Å². The Labute approximate surface area is 193 Å². The summed E-state index contributed by atoms with van der Waals surface area (Å²) in [7, 11) is -3.50. The summed E-state index contributed by atoms with van der Waals surface area (Å²) in [4.78, 5) is 7.26. The summed E-state index contributed by atoms with van der Waals surface area (Å²) in [5.74, 6) is 0. The minimum atomic E-state index is -3.50. The van der Waals surface area contributed by atoms with E-state index in [1.807, 2.05) is 0 Å². The van der Waals surface area contributed by atoms with Gasteiger partial charge in [-0.1, -0.05) is 49.2 Å². The van der Waals surface area contributed by atoms with E-state index in [1.165, 1.54) is 11.1 Å². The molecule has 31 heavy (non-hydrogen) atoms. The molecule has 1 aromatic heterocycles. The molecule has 0 aliphatic carbocycles. The number of rotatable bonds is 7. The minimum absolute atomic E-state index is 0.284. The van der Waals surface area contributed by atoms with Crippen LogP contribution in [0.4, 0.5) is 5.13 Å². The summed E-state index contributed by atoms with van der Waals surface area (Å²) in [5.41, 5.74) is 3.69. The van der Waals surface area contributed by atoms with E-state index >= 15 is 0 Å². The minimum Gasteiger partial charge on any atom is -0.345 e. The average molecular weight is 476 g/mol. The molecule has 0 bridgehead atoms. The number of aryl methyl sites for hydroxylation is 1. The Kier molecular flexibility index (Phi) is 6.96. The third-order valence-corrected chi connectivity index (χ3v) is 8.56. The predicted molar refractivity (Wildman–Crippen MR) is 128 cm³/mol. The van der Waals surface area contributed by atoms with Gasteiger partial charge in [0.2, 0.25) is 10.0 Å². The Morgan fingerprint density at radius 2 is 1.61 bits per heavy atom. The van der Waals surface area contributed by atoms with Crippen molar-refractivity contribution >= 4 is 38.1 Å². The summed E-state index contributed by atoms with van der Waals surface area (Å²) in [5, 5.41) is 3.59. The van der Waals surface area contributed by atoms with Gasteiger partial charge in [0.05, 0.1) is 10.6 Å². The monoisotopic (exact) mass is 475 g/mol. The van der Waals surface area contributed by atoms with Gasteiger partial charge in [-0.15, -0.1) is 11.3 Å². The number of anilines is 1. The summed E-state index contributed by atoms with van der Waals surface area (Å²) >= 11 is 7.51. The Morgan fingerprint density at radius 1 is 0.968 bits per heavy atom. The molecule has 4 rings (SSSR count). The molecule has 164 valence electrons. The molecule has 0 atom stereocenters. The van der Waals surface area contributed by atoms with Crippen LogP contribution in [0.25, 0.3) is 0 Å². The van der Waals surface area contributed by atoms with Gasteiger partial charge in [-0.2, -0.15) is 4.31 Å². The summed E-state index contributed by atoms with van der Waals surface area (Å²) in [6.45, 7) is 4.34. The van der Waals surface area contributed by atoms with Gasteiger partial charge in [0, 0.05) is 43.0 Å². The van der Waals surface area contributed by atoms with Crippen LogP contribution < -0.4 is 4.90 Å². The van der Waals surface area contributed by atoms with Crippen molar-refractivity contribution in [1.29, 1.82) is 0 Å². The van der Waals surface area contributed by atoms with Crippen LogP contribution in [0.1, 0.15) is 30.2 Å². The molecule has 0 spiro atoms. The Morgan fingerprint density at radius 3 is 2.26 bits per heavy atom. The number of piperazine rings is 1. The highest BCUT2D eigenvalue weighted by atomic mass is 35.5. The molecule has 0 unspecified atom stereocenters. The smallest absolute Gasteiger partial charge is 0.243 e. The fourth-order valence-electron chi connectivity index (χ4n) is 3.72. The van der Waals surface area contributed by atoms with Crippen LogP contribution in [-0.4, -0.2) is 43.9 Å². The van der Waals surface area contributed by atoms with E-state index in [1.54, 1.807) is 39.9 Å². The summed E-state index contributed by atoms with van der Waals surface area (Å²) in [6, 6.07) is 15.1. The first-order valence-electron chi connectivity index (χ1n) is 10.5. The molecule has 0 amide bonds. The van der Waals surface area contributed by atoms with Crippen molar-refractivity contribution in [3.8, 4) is 0 Å². The van der Waals surface area contributed by atoms with E-state index in [2.05, 4.69) is 41.5 Å². The van der Waals surface area contributed by atoms with Crippen molar-refractivity contribution in [2.75, 3.05) is 31.1 Å². The lowest BCUT2D eigenvalue weighted by Gasteiger charge is -2.33. The standard InChI is InChI=1S/C23H26ClN3O2S2/c1-2-3-18-4-6-19(7-5-18)16-21-17-30-23(25-21)26-12-14-27(15-13-26)31(28,29)22-10-8-20(24)9-11-22/h4-11,17H,2-3,12-16H2,1H3. The third-order valence-electron chi connectivity index (χ3n) is 5.45. The number of halogens is 1. The predicted octanol–water partition coefficient (Wildman–Crippen LogP) is 4.85. The van der Waals surface area contributed by atoms with E-state index in [4.69, 9.17) is 16.6 Å². The summed E-state index contributed by atoms with van der Waals surface area (Å²) < 4.78 is 27.3. The topological polar surface area (TPSA) is 53.5 Å². The maximum Gasteiger partial charge on any atom is 0.243 e. The molecule has 2 aromatic carbocycles. The fourth-order valence-corrected chi connectivity index (χ4v) is 6.15. The quantitative estimate of drug-likeness (QED) is 0.490. The maximum atomic E-state index is 12.9. The highest BCUT2D eigenvalue weighted by Crippen LogP contribution is 2.26. The molecular weight excluding hydrogens is 450 g/mol.